The molecule has 2 heterocycles. The molecular weight excluding hydrogens is 170 g/mol. The molecule has 0 aliphatic heterocycles. The van der Waals surface area contributed by atoms with Crippen LogP contribution in [-0.2, 0) is 0 Å². The number of hydrogen-bond donors (Lipinski definition) is 2. The first kappa shape index (κ1) is 7.53. The summed E-state index contributed by atoms with van der Waals surface area (Å²) in [6, 6.07) is 0. The summed E-state index contributed by atoms with van der Waals surface area (Å²) in [6.45, 7) is 0. The van der Waals surface area contributed by atoms with Crippen molar-refractivity contribution in [1.82, 2.24) is 14.4 Å². The number of nitrogen functional groups attached to an aromatic ring is 1. The third kappa shape index (κ3) is 0.994. The molecule has 2 aromatic rings. The molecule has 66 valence electrons. The number of carbonyl (C=O) groups is 1. The molecule has 0 fully saturated rings. The molecular formula is C7H7N5O. The van der Waals surface area contributed by atoms with Gasteiger partial charge in [-0.05, 0) is 0 Å². The number of aromatic nitrogens is 3. The molecule has 0 atom stereocenters. The smallest absolute Gasteiger partial charge is 0.256 e. The number of anilines is 1. The number of primary amides is 1. The largest absolute Gasteiger partial charge is 0.383 e. The van der Waals surface area contributed by atoms with E-state index in [1.807, 2.05) is 0 Å². The highest BCUT2D eigenvalue weighted by Gasteiger charge is 2.12. The minimum Gasteiger partial charge on any atom is -0.383 e. The van der Waals surface area contributed by atoms with Crippen molar-refractivity contribution in [2.24, 2.45) is 5.73 Å². The molecule has 2 aromatic heterocycles. The number of imidazole rings is 1. The van der Waals surface area contributed by atoms with Crippen molar-refractivity contribution in [3.8, 4) is 0 Å². The second kappa shape index (κ2) is 2.44. The van der Waals surface area contributed by atoms with Crippen LogP contribution in [0.2, 0.25) is 0 Å². The van der Waals surface area contributed by atoms with Gasteiger partial charge in [0.25, 0.3) is 5.91 Å². The van der Waals surface area contributed by atoms with Gasteiger partial charge in [-0.15, -0.1) is 0 Å². The van der Waals surface area contributed by atoms with Gasteiger partial charge in [0.05, 0.1) is 0 Å². The zero-order valence-electron chi connectivity index (χ0n) is 6.64. The normalized spacial score (nSPS) is 10.5. The Labute approximate surface area is 73.2 Å². The van der Waals surface area contributed by atoms with Crippen molar-refractivity contribution in [3.05, 3.63) is 24.3 Å². The number of fused-ring (bicyclic) bond motifs is 1. The van der Waals surface area contributed by atoms with E-state index in [1.165, 1.54) is 6.33 Å². The van der Waals surface area contributed by atoms with Crippen LogP contribution in [0.15, 0.2) is 18.7 Å². The molecule has 13 heavy (non-hydrogen) atoms. The quantitative estimate of drug-likeness (QED) is 0.608. The molecule has 4 N–H and O–H groups in total. The molecule has 0 bridgehead atoms. The predicted molar refractivity (Wildman–Crippen MR) is 45.9 cm³/mol. The molecule has 0 saturated heterocycles. The van der Waals surface area contributed by atoms with E-state index in [-0.39, 0.29) is 11.4 Å². The van der Waals surface area contributed by atoms with E-state index in [4.69, 9.17) is 11.5 Å². The second-order valence-corrected chi connectivity index (χ2v) is 2.53. The summed E-state index contributed by atoms with van der Waals surface area (Å²) in [6.07, 6.45) is 4.68. The van der Waals surface area contributed by atoms with Crippen LogP contribution < -0.4 is 11.5 Å². The van der Waals surface area contributed by atoms with E-state index in [2.05, 4.69) is 9.97 Å². The van der Waals surface area contributed by atoms with Gasteiger partial charge in [0, 0.05) is 12.4 Å². The summed E-state index contributed by atoms with van der Waals surface area (Å²) >= 11 is 0. The summed E-state index contributed by atoms with van der Waals surface area (Å²) in [5, 5.41) is 0. The lowest BCUT2D eigenvalue weighted by Gasteiger charge is -2.01. The predicted octanol–water partition coefficient (Wildman–Crippen LogP) is -0.590. The molecule has 0 spiro atoms. The van der Waals surface area contributed by atoms with Crippen LogP contribution in [0, 0.1) is 0 Å². The molecule has 0 aromatic carbocycles. The average molecular weight is 177 g/mol. The van der Waals surface area contributed by atoms with Crippen LogP contribution >= 0.6 is 0 Å². The molecule has 1 amide bonds. The maximum atomic E-state index is 11.0. The first-order chi connectivity index (χ1) is 6.20. The van der Waals surface area contributed by atoms with Gasteiger partial charge in [-0.1, -0.05) is 0 Å². The highest BCUT2D eigenvalue weighted by atomic mass is 16.1. The number of hydrogen-bond acceptors (Lipinski definition) is 4. The van der Waals surface area contributed by atoms with Gasteiger partial charge in [-0.3, -0.25) is 9.20 Å². The van der Waals surface area contributed by atoms with E-state index in [9.17, 15) is 4.79 Å². The third-order valence-electron chi connectivity index (χ3n) is 1.72. The maximum Gasteiger partial charge on any atom is 0.256 e. The summed E-state index contributed by atoms with van der Waals surface area (Å²) in [7, 11) is 0. The number of nitrogens with zero attached hydrogens (tertiary/aromatic N) is 3. The van der Waals surface area contributed by atoms with Crippen molar-refractivity contribution >= 4 is 17.4 Å². The second-order valence-electron chi connectivity index (χ2n) is 2.53. The Morgan fingerprint density at radius 2 is 2.23 bits per heavy atom. The van der Waals surface area contributed by atoms with Gasteiger partial charge in [0.15, 0.2) is 5.65 Å². The minimum atomic E-state index is -0.623. The molecule has 6 nitrogen and oxygen atoms in total. The van der Waals surface area contributed by atoms with Gasteiger partial charge < -0.3 is 11.5 Å². The van der Waals surface area contributed by atoms with Crippen LogP contribution in [0.5, 0.6) is 0 Å². The lowest BCUT2D eigenvalue weighted by Crippen LogP contribution is -2.16. The van der Waals surface area contributed by atoms with Crippen LogP contribution in [0.3, 0.4) is 0 Å². The number of carbonyl (C=O) groups excluding carboxylic acids is 1. The van der Waals surface area contributed by atoms with Gasteiger partial charge in [0.1, 0.15) is 17.7 Å². The van der Waals surface area contributed by atoms with Gasteiger partial charge >= 0.3 is 0 Å². The van der Waals surface area contributed by atoms with Gasteiger partial charge in [-0.2, -0.15) is 0 Å². The van der Waals surface area contributed by atoms with Crippen molar-refractivity contribution in [2.45, 2.75) is 0 Å². The number of rotatable bonds is 1. The van der Waals surface area contributed by atoms with Gasteiger partial charge in [0.2, 0.25) is 0 Å². The number of nitrogens with two attached hydrogens (primary N) is 2. The zero-order chi connectivity index (χ0) is 9.42. The molecule has 2 rings (SSSR count). The van der Waals surface area contributed by atoms with E-state index in [1.54, 1.807) is 16.8 Å². The molecule has 0 saturated carbocycles. The highest BCUT2D eigenvalue weighted by molar-refractivity contribution is 6.02. The SMILES string of the molecule is NC(=O)c1c(N)ncn2ccnc12. The topological polar surface area (TPSA) is 99.3 Å². The Bertz CT molecular complexity index is 475. The fourth-order valence-corrected chi connectivity index (χ4v) is 1.14. The first-order valence-corrected chi connectivity index (χ1v) is 3.57. The molecule has 0 radical (unpaired) electrons. The Balaban J connectivity index is 2.88. The van der Waals surface area contributed by atoms with E-state index < -0.39 is 5.91 Å². The van der Waals surface area contributed by atoms with E-state index in [0.29, 0.717) is 5.65 Å². The Hall–Kier alpha value is -2.11. The Kier molecular flexibility index (Phi) is 1.42. The van der Waals surface area contributed by atoms with Crippen LogP contribution in [0.25, 0.3) is 5.65 Å². The van der Waals surface area contributed by atoms with E-state index >= 15 is 0 Å². The maximum absolute atomic E-state index is 11.0. The average Bonchev–Trinajstić information content (AvgIpc) is 2.50. The first-order valence-electron chi connectivity index (χ1n) is 3.57. The Morgan fingerprint density at radius 1 is 1.46 bits per heavy atom. The highest BCUT2D eigenvalue weighted by Crippen LogP contribution is 2.12. The van der Waals surface area contributed by atoms with Gasteiger partial charge in [-0.25, -0.2) is 9.97 Å². The van der Waals surface area contributed by atoms with Crippen LogP contribution in [0.1, 0.15) is 10.4 Å². The fourth-order valence-electron chi connectivity index (χ4n) is 1.14. The summed E-state index contributed by atoms with van der Waals surface area (Å²) in [4.78, 5) is 18.7. The molecule has 6 heteroatoms. The monoisotopic (exact) mass is 177 g/mol. The molecule has 0 aliphatic carbocycles. The zero-order valence-corrected chi connectivity index (χ0v) is 6.64. The summed E-state index contributed by atoms with van der Waals surface area (Å²) in [5.74, 6) is -0.520. The molecule has 0 aliphatic rings. The van der Waals surface area contributed by atoms with Crippen molar-refractivity contribution < 1.29 is 4.79 Å². The lowest BCUT2D eigenvalue weighted by molar-refractivity contribution is 0.100. The van der Waals surface area contributed by atoms with Crippen molar-refractivity contribution in [3.63, 3.8) is 0 Å². The van der Waals surface area contributed by atoms with Crippen molar-refractivity contribution in [1.29, 1.82) is 0 Å². The van der Waals surface area contributed by atoms with Crippen molar-refractivity contribution in [2.75, 3.05) is 5.73 Å². The minimum absolute atomic E-state index is 0.103. The summed E-state index contributed by atoms with van der Waals surface area (Å²) in [5.41, 5.74) is 11.2. The standard InChI is InChI=1S/C7H7N5O/c8-5-4(6(9)13)7-10-1-2-12(7)3-11-5/h1-3H,8H2,(H2,9,13). The number of amides is 1. The molecule has 0 unspecified atom stereocenters. The van der Waals surface area contributed by atoms with E-state index in [0.717, 1.165) is 0 Å². The van der Waals surface area contributed by atoms with Crippen LogP contribution in [0.4, 0.5) is 5.82 Å². The summed E-state index contributed by atoms with van der Waals surface area (Å²) < 4.78 is 1.58. The lowest BCUT2D eigenvalue weighted by atomic mass is 10.3. The van der Waals surface area contributed by atoms with Crippen LogP contribution in [-0.4, -0.2) is 20.3 Å². The third-order valence-corrected chi connectivity index (χ3v) is 1.72. The fraction of sp³-hybridized carbons (Fsp3) is 0. The Morgan fingerprint density at radius 3 is 2.92 bits per heavy atom.